The van der Waals surface area contributed by atoms with E-state index in [1.807, 2.05) is 12.1 Å². The van der Waals surface area contributed by atoms with Crippen LogP contribution in [0.5, 0.6) is 0 Å². The predicted octanol–water partition coefficient (Wildman–Crippen LogP) is 8.04. The number of hydrogen-bond acceptors (Lipinski definition) is 2. The highest BCUT2D eigenvalue weighted by Crippen LogP contribution is 2.44. The molecule has 3 aromatic carbocycles. The zero-order valence-corrected chi connectivity index (χ0v) is 19.7. The van der Waals surface area contributed by atoms with Crippen LogP contribution in [-0.4, -0.2) is 13.1 Å². The molecule has 1 aliphatic rings. The van der Waals surface area contributed by atoms with Gasteiger partial charge in [0.2, 0.25) is 0 Å². The van der Waals surface area contributed by atoms with E-state index in [-0.39, 0.29) is 24.3 Å². The Morgan fingerprint density at radius 3 is 2.59 bits per heavy atom. The van der Waals surface area contributed by atoms with E-state index in [1.54, 1.807) is 6.07 Å². The van der Waals surface area contributed by atoms with Crippen LogP contribution in [0.15, 0.2) is 60.7 Å². The Balaban J connectivity index is 1.46. The van der Waals surface area contributed by atoms with Crippen molar-refractivity contribution in [3.63, 3.8) is 0 Å². The topological polar surface area (TPSA) is 26.3 Å². The van der Waals surface area contributed by atoms with Gasteiger partial charge in [0.05, 0.1) is 12.7 Å². The Hall–Kier alpha value is -2.82. The molecular weight excluding hydrogens is 437 g/mol. The summed E-state index contributed by atoms with van der Waals surface area (Å²) in [6, 6.07) is 19.5. The number of rotatable bonds is 7. The Labute approximate surface area is 199 Å². The van der Waals surface area contributed by atoms with E-state index in [0.717, 1.165) is 31.2 Å². The summed E-state index contributed by atoms with van der Waals surface area (Å²) in [4.78, 5) is 11.4. The van der Waals surface area contributed by atoms with E-state index in [0.29, 0.717) is 11.8 Å². The molecule has 3 atom stereocenters. The molecule has 0 radical (unpaired) electrons. The monoisotopic (exact) mass is 468 g/mol. The molecule has 0 unspecified atom stereocenters. The highest BCUT2D eigenvalue weighted by atomic mass is 19.4. The van der Waals surface area contributed by atoms with E-state index in [9.17, 15) is 18.0 Å². The molecule has 5 heteroatoms. The third kappa shape index (κ3) is 5.45. The summed E-state index contributed by atoms with van der Waals surface area (Å²) in [5, 5.41) is 2.52. The minimum absolute atomic E-state index is 0.0254. The van der Waals surface area contributed by atoms with Crippen molar-refractivity contribution in [1.29, 1.82) is 0 Å². The van der Waals surface area contributed by atoms with Crippen LogP contribution in [-0.2, 0) is 22.1 Å². The molecular formula is C29H31F3O2. The number of alkyl halides is 3. The van der Waals surface area contributed by atoms with Crippen molar-refractivity contribution in [2.24, 2.45) is 5.92 Å². The number of aryl methyl sites for hydroxylation is 1. The maximum absolute atomic E-state index is 13.8. The Morgan fingerprint density at radius 2 is 1.82 bits per heavy atom. The van der Waals surface area contributed by atoms with E-state index < -0.39 is 17.7 Å². The van der Waals surface area contributed by atoms with Gasteiger partial charge < -0.3 is 4.74 Å². The molecule has 0 amide bonds. The lowest BCUT2D eigenvalue weighted by Gasteiger charge is -2.20. The number of carbonyl (C=O) groups excluding carboxylic acids is 1. The second kappa shape index (κ2) is 10.2. The van der Waals surface area contributed by atoms with Gasteiger partial charge in [-0.25, -0.2) is 0 Å². The summed E-state index contributed by atoms with van der Waals surface area (Å²) in [7, 11) is 1.24. The average molecular weight is 469 g/mol. The minimum Gasteiger partial charge on any atom is -0.469 e. The molecule has 180 valence electrons. The molecule has 0 spiro atoms. The van der Waals surface area contributed by atoms with Crippen molar-refractivity contribution in [2.75, 3.05) is 7.11 Å². The van der Waals surface area contributed by atoms with Crippen molar-refractivity contribution in [2.45, 2.75) is 63.5 Å². The van der Waals surface area contributed by atoms with Crippen LogP contribution in [0, 0.1) is 5.92 Å². The van der Waals surface area contributed by atoms with Crippen LogP contribution in [0.1, 0.15) is 73.1 Å². The van der Waals surface area contributed by atoms with Crippen LogP contribution >= 0.6 is 0 Å². The number of esters is 1. The fourth-order valence-electron chi connectivity index (χ4n) is 5.57. The minimum atomic E-state index is -4.44. The summed E-state index contributed by atoms with van der Waals surface area (Å²) >= 11 is 0. The maximum Gasteiger partial charge on any atom is 0.416 e. The zero-order valence-electron chi connectivity index (χ0n) is 19.7. The normalized spacial score (nSPS) is 19.3. The number of carbonyl (C=O) groups is 1. The second-order valence-electron chi connectivity index (χ2n) is 9.57. The van der Waals surface area contributed by atoms with Crippen LogP contribution < -0.4 is 0 Å². The van der Waals surface area contributed by atoms with Crippen molar-refractivity contribution in [3.05, 3.63) is 82.9 Å². The molecule has 0 aromatic heterocycles. The van der Waals surface area contributed by atoms with Crippen molar-refractivity contribution in [3.8, 4) is 0 Å². The van der Waals surface area contributed by atoms with Gasteiger partial charge in [-0.05, 0) is 83.4 Å². The predicted molar refractivity (Wildman–Crippen MR) is 129 cm³/mol. The first-order chi connectivity index (χ1) is 16.3. The highest BCUT2D eigenvalue weighted by Gasteiger charge is 2.35. The third-order valence-electron chi connectivity index (χ3n) is 7.32. The number of methoxy groups -OCH3 is 1. The van der Waals surface area contributed by atoms with Gasteiger partial charge in [-0.15, -0.1) is 0 Å². The van der Waals surface area contributed by atoms with Crippen molar-refractivity contribution < 1.29 is 22.7 Å². The second-order valence-corrected chi connectivity index (χ2v) is 9.57. The quantitative estimate of drug-likeness (QED) is 0.328. The average Bonchev–Trinajstić information content (AvgIpc) is 3.29. The van der Waals surface area contributed by atoms with Crippen molar-refractivity contribution >= 4 is 16.7 Å². The lowest BCUT2D eigenvalue weighted by Crippen LogP contribution is -2.12. The SMILES string of the molecule is COC(=O)CCc1ccc([C@H]2CC[C@H](C[C@H](C)c3cccc4ccccc34)C2)cc1C(F)(F)F. The number of hydrogen-bond donors (Lipinski definition) is 0. The summed E-state index contributed by atoms with van der Waals surface area (Å²) in [6.07, 6.45) is -0.588. The lowest BCUT2D eigenvalue weighted by atomic mass is 9.85. The molecule has 1 fully saturated rings. The number of halogens is 3. The van der Waals surface area contributed by atoms with Gasteiger partial charge in [0.1, 0.15) is 0 Å². The van der Waals surface area contributed by atoms with Crippen molar-refractivity contribution in [1.82, 2.24) is 0 Å². The first-order valence-corrected chi connectivity index (χ1v) is 12.0. The van der Waals surface area contributed by atoms with Crippen LogP contribution in [0.2, 0.25) is 0 Å². The standard InChI is InChI=1S/C29H31F3O2/c1-19(25-9-5-7-21-6-3-4-8-26(21)25)16-20-10-11-23(17-20)24-13-12-22(14-15-28(33)34-2)27(18-24)29(30,31)32/h3-9,12-13,18-20,23H,10-11,14-17H2,1-2H3/t19-,20+,23-/m0/s1. The number of ether oxygens (including phenoxy) is 1. The molecule has 4 rings (SSSR count). The Kier molecular flexibility index (Phi) is 7.30. The molecule has 2 nitrogen and oxygen atoms in total. The summed E-state index contributed by atoms with van der Waals surface area (Å²) < 4.78 is 45.9. The van der Waals surface area contributed by atoms with E-state index in [4.69, 9.17) is 0 Å². The molecule has 0 N–H and O–H groups in total. The van der Waals surface area contributed by atoms with E-state index in [2.05, 4.69) is 48.1 Å². The van der Waals surface area contributed by atoms with Crippen LogP contribution in [0.3, 0.4) is 0 Å². The number of fused-ring (bicyclic) bond motifs is 1. The highest BCUT2D eigenvalue weighted by molar-refractivity contribution is 5.86. The van der Waals surface area contributed by atoms with Gasteiger partial charge in [0.15, 0.2) is 0 Å². The molecule has 34 heavy (non-hydrogen) atoms. The molecule has 0 saturated heterocycles. The first kappa shape index (κ1) is 24.3. The largest absolute Gasteiger partial charge is 0.469 e. The van der Waals surface area contributed by atoms with Gasteiger partial charge in [-0.2, -0.15) is 13.2 Å². The summed E-state index contributed by atoms with van der Waals surface area (Å²) in [5.41, 5.74) is 1.63. The fraction of sp³-hybridized carbons (Fsp3) is 0.414. The fourth-order valence-corrected chi connectivity index (χ4v) is 5.57. The van der Waals surface area contributed by atoms with Gasteiger partial charge in [-0.1, -0.05) is 61.5 Å². The third-order valence-corrected chi connectivity index (χ3v) is 7.32. The molecule has 1 aliphatic carbocycles. The Morgan fingerprint density at radius 1 is 1.06 bits per heavy atom. The van der Waals surface area contributed by atoms with E-state index >= 15 is 0 Å². The zero-order chi connectivity index (χ0) is 24.3. The first-order valence-electron chi connectivity index (χ1n) is 12.0. The lowest BCUT2D eigenvalue weighted by molar-refractivity contribution is -0.142. The molecule has 3 aromatic rings. The van der Waals surface area contributed by atoms with Gasteiger partial charge in [0, 0.05) is 6.42 Å². The summed E-state index contributed by atoms with van der Waals surface area (Å²) in [5.74, 6) is 0.519. The van der Waals surface area contributed by atoms with Crippen LogP contribution in [0.4, 0.5) is 13.2 Å². The van der Waals surface area contributed by atoms with Crippen LogP contribution in [0.25, 0.3) is 10.8 Å². The van der Waals surface area contributed by atoms with Gasteiger partial charge in [-0.3, -0.25) is 4.79 Å². The maximum atomic E-state index is 13.8. The van der Waals surface area contributed by atoms with E-state index in [1.165, 1.54) is 29.5 Å². The molecule has 0 bridgehead atoms. The molecule has 1 saturated carbocycles. The Bertz CT molecular complexity index is 1150. The molecule has 0 aliphatic heterocycles. The summed E-state index contributed by atoms with van der Waals surface area (Å²) in [6.45, 7) is 2.26. The molecule has 0 heterocycles. The number of benzene rings is 3. The van der Waals surface area contributed by atoms with Gasteiger partial charge in [0.25, 0.3) is 0 Å². The van der Waals surface area contributed by atoms with Gasteiger partial charge >= 0.3 is 12.1 Å². The smallest absolute Gasteiger partial charge is 0.416 e.